The quantitative estimate of drug-likeness (QED) is 0.931. The number of fused-ring (bicyclic) bond motifs is 2. The smallest absolute Gasteiger partial charge is 0.227 e. The molecule has 2 heterocycles. The summed E-state index contributed by atoms with van der Waals surface area (Å²) in [6.45, 7) is 3.04. The van der Waals surface area contributed by atoms with Gasteiger partial charge in [-0.15, -0.1) is 0 Å². The molecule has 25 heavy (non-hydrogen) atoms. The van der Waals surface area contributed by atoms with Gasteiger partial charge in [-0.2, -0.15) is 5.10 Å². The van der Waals surface area contributed by atoms with Gasteiger partial charge in [-0.25, -0.2) is 0 Å². The first-order valence-electron chi connectivity index (χ1n) is 8.84. The van der Waals surface area contributed by atoms with Crippen molar-refractivity contribution in [2.24, 2.45) is 7.05 Å². The van der Waals surface area contributed by atoms with Gasteiger partial charge in [-0.1, -0.05) is 6.07 Å². The number of benzene rings is 1. The molecule has 0 fully saturated rings. The Morgan fingerprint density at radius 1 is 1.32 bits per heavy atom. The number of nitrogens with zero attached hydrogens (tertiary/aromatic N) is 2. The fourth-order valence-corrected chi connectivity index (χ4v) is 3.63. The number of ether oxygens (including phenoxy) is 2. The highest BCUT2D eigenvalue weighted by Gasteiger charge is 2.27. The molecule has 2 aliphatic rings. The van der Waals surface area contributed by atoms with E-state index in [0.717, 1.165) is 41.9 Å². The fourth-order valence-electron chi connectivity index (χ4n) is 3.63. The lowest BCUT2D eigenvalue weighted by Crippen LogP contribution is -2.33. The molecule has 6 nitrogen and oxygen atoms in total. The van der Waals surface area contributed by atoms with Crippen LogP contribution in [0, 0.1) is 0 Å². The number of carbonyl (C=O) groups is 1. The topological polar surface area (TPSA) is 65.4 Å². The van der Waals surface area contributed by atoms with Gasteiger partial charge in [0.2, 0.25) is 5.91 Å². The van der Waals surface area contributed by atoms with Crippen LogP contribution in [-0.2, 0) is 18.3 Å². The number of hydrogen-bond acceptors (Lipinski definition) is 4. The minimum absolute atomic E-state index is 0.0263. The zero-order chi connectivity index (χ0) is 17.4. The molecule has 0 unspecified atom stereocenters. The number of rotatable bonds is 3. The Morgan fingerprint density at radius 2 is 2.12 bits per heavy atom. The van der Waals surface area contributed by atoms with Gasteiger partial charge in [0.05, 0.1) is 18.2 Å². The molecule has 1 N–H and O–H groups in total. The predicted molar refractivity (Wildman–Crippen MR) is 92.9 cm³/mol. The van der Waals surface area contributed by atoms with Crippen LogP contribution in [0.1, 0.15) is 48.5 Å². The lowest BCUT2D eigenvalue weighted by Gasteiger charge is -2.26. The second-order valence-electron chi connectivity index (χ2n) is 6.75. The molecule has 4 rings (SSSR count). The molecule has 1 amide bonds. The third-order valence-corrected chi connectivity index (χ3v) is 5.15. The average Bonchev–Trinajstić information content (AvgIpc) is 3.03. The number of aryl methyl sites for hydroxylation is 1. The summed E-state index contributed by atoms with van der Waals surface area (Å²) in [6, 6.07) is 5.78. The highest BCUT2D eigenvalue weighted by atomic mass is 16.6. The first-order chi connectivity index (χ1) is 12.1. The maximum absolute atomic E-state index is 12.8. The summed E-state index contributed by atoms with van der Waals surface area (Å²) < 4.78 is 13.1. The number of aromatic nitrogens is 2. The van der Waals surface area contributed by atoms with Crippen LogP contribution in [0.4, 0.5) is 0 Å². The van der Waals surface area contributed by atoms with Gasteiger partial charge < -0.3 is 14.8 Å². The Kier molecular flexibility index (Phi) is 4.11. The molecule has 1 aliphatic carbocycles. The van der Waals surface area contributed by atoms with Crippen molar-refractivity contribution < 1.29 is 14.3 Å². The second-order valence-corrected chi connectivity index (χ2v) is 6.75. The maximum atomic E-state index is 12.8. The van der Waals surface area contributed by atoms with E-state index in [1.165, 1.54) is 5.69 Å². The lowest BCUT2D eigenvalue weighted by molar-refractivity contribution is -0.123. The first kappa shape index (κ1) is 16.0. The molecular formula is C19H23N3O3. The largest absolute Gasteiger partial charge is 0.486 e. The Labute approximate surface area is 147 Å². The van der Waals surface area contributed by atoms with E-state index in [-0.39, 0.29) is 17.9 Å². The predicted octanol–water partition coefficient (Wildman–Crippen LogP) is 2.49. The highest BCUT2D eigenvalue weighted by molar-refractivity contribution is 5.84. The van der Waals surface area contributed by atoms with Crippen LogP contribution in [0.25, 0.3) is 0 Å². The molecule has 1 aromatic carbocycles. The van der Waals surface area contributed by atoms with Crippen molar-refractivity contribution in [1.82, 2.24) is 15.1 Å². The summed E-state index contributed by atoms with van der Waals surface area (Å²) in [5.41, 5.74) is 3.31. The van der Waals surface area contributed by atoms with Crippen LogP contribution >= 0.6 is 0 Å². The van der Waals surface area contributed by atoms with Gasteiger partial charge in [0.15, 0.2) is 11.5 Å². The van der Waals surface area contributed by atoms with E-state index in [2.05, 4.69) is 10.4 Å². The number of hydrogen-bond donors (Lipinski definition) is 1. The zero-order valence-corrected chi connectivity index (χ0v) is 14.6. The summed E-state index contributed by atoms with van der Waals surface area (Å²) in [4.78, 5) is 12.8. The van der Waals surface area contributed by atoms with Gasteiger partial charge in [-0.3, -0.25) is 9.48 Å². The van der Waals surface area contributed by atoms with Crippen molar-refractivity contribution >= 4 is 5.91 Å². The number of amides is 1. The zero-order valence-electron chi connectivity index (χ0n) is 14.6. The summed E-state index contributed by atoms with van der Waals surface area (Å²) >= 11 is 0. The summed E-state index contributed by atoms with van der Waals surface area (Å²) in [6.07, 6.45) is 4.93. The molecule has 2 atom stereocenters. The maximum Gasteiger partial charge on any atom is 0.227 e. The molecule has 0 saturated heterocycles. The normalized spacial score (nSPS) is 19.8. The molecule has 0 radical (unpaired) electrons. The molecule has 0 bridgehead atoms. The van der Waals surface area contributed by atoms with E-state index in [9.17, 15) is 4.79 Å². The van der Waals surface area contributed by atoms with Crippen molar-refractivity contribution in [2.75, 3.05) is 13.2 Å². The minimum Gasteiger partial charge on any atom is -0.486 e. The summed E-state index contributed by atoms with van der Waals surface area (Å²) in [5, 5.41) is 7.54. The number of carbonyl (C=O) groups excluding carboxylic acids is 1. The second kappa shape index (κ2) is 6.43. The van der Waals surface area contributed by atoms with Crippen LogP contribution in [0.5, 0.6) is 11.5 Å². The van der Waals surface area contributed by atoms with Crippen LogP contribution in [0.3, 0.4) is 0 Å². The molecule has 1 aromatic heterocycles. The van der Waals surface area contributed by atoms with Crippen molar-refractivity contribution in [3.05, 3.63) is 41.2 Å². The Balaban J connectivity index is 1.50. The van der Waals surface area contributed by atoms with Crippen LogP contribution in [0.2, 0.25) is 0 Å². The molecule has 6 heteroatoms. The summed E-state index contributed by atoms with van der Waals surface area (Å²) in [7, 11) is 1.96. The van der Waals surface area contributed by atoms with Gasteiger partial charge in [-0.05, 0) is 43.9 Å². The summed E-state index contributed by atoms with van der Waals surface area (Å²) in [5.74, 6) is 1.24. The molecule has 0 spiro atoms. The van der Waals surface area contributed by atoms with Gasteiger partial charge in [0.25, 0.3) is 0 Å². The van der Waals surface area contributed by atoms with Crippen LogP contribution in [-0.4, -0.2) is 28.9 Å². The molecule has 1 aliphatic heterocycles. The molecule has 0 saturated carbocycles. The standard InChI is InChI=1S/C19H23N3O3/c1-12(13-6-7-17-18(10-13)25-9-8-24-17)19(23)21-15-4-3-5-16-14(15)11-20-22(16)2/h6-7,10-12,15H,3-5,8-9H2,1-2H3,(H,21,23)/t12-,15-/m0/s1. The van der Waals surface area contributed by atoms with Crippen molar-refractivity contribution in [3.8, 4) is 11.5 Å². The Bertz CT molecular complexity index is 799. The Morgan fingerprint density at radius 3 is 2.96 bits per heavy atom. The minimum atomic E-state index is -0.252. The van der Waals surface area contributed by atoms with E-state index < -0.39 is 0 Å². The van der Waals surface area contributed by atoms with E-state index >= 15 is 0 Å². The monoisotopic (exact) mass is 341 g/mol. The molecular weight excluding hydrogens is 318 g/mol. The van der Waals surface area contributed by atoms with Crippen molar-refractivity contribution in [2.45, 2.75) is 38.1 Å². The number of nitrogens with one attached hydrogen (secondary N) is 1. The molecule has 132 valence electrons. The van der Waals surface area contributed by atoms with Crippen molar-refractivity contribution in [3.63, 3.8) is 0 Å². The van der Waals surface area contributed by atoms with Crippen LogP contribution in [0.15, 0.2) is 24.4 Å². The van der Waals surface area contributed by atoms with Crippen molar-refractivity contribution in [1.29, 1.82) is 0 Å². The lowest BCUT2D eigenvalue weighted by atomic mass is 9.92. The third kappa shape index (κ3) is 2.97. The molecule has 2 aromatic rings. The Hall–Kier alpha value is -2.50. The van der Waals surface area contributed by atoms with Gasteiger partial charge in [0.1, 0.15) is 13.2 Å². The first-order valence-corrected chi connectivity index (χ1v) is 8.84. The van der Waals surface area contributed by atoms with Gasteiger partial charge >= 0.3 is 0 Å². The fraction of sp³-hybridized carbons (Fsp3) is 0.474. The van der Waals surface area contributed by atoms with E-state index in [0.29, 0.717) is 13.2 Å². The SMILES string of the molecule is C[C@H](C(=O)N[C@H]1CCCc2c1cnn2C)c1ccc2c(c1)OCCO2. The van der Waals surface area contributed by atoms with Gasteiger partial charge in [0, 0.05) is 18.3 Å². The van der Waals surface area contributed by atoms with E-state index in [1.54, 1.807) is 0 Å². The van der Waals surface area contributed by atoms with E-state index in [4.69, 9.17) is 9.47 Å². The van der Waals surface area contributed by atoms with E-state index in [1.807, 2.05) is 43.0 Å². The highest BCUT2D eigenvalue weighted by Crippen LogP contribution is 2.34. The average molecular weight is 341 g/mol. The third-order valence-electron chi connectivity index (χ3n) is 5.15. The van der Waals surface area contributed by atoms with Crippen LogP contribution < -0.4 is 14.8 Å².